The van der Waals surface area contributed by atoms with Crippen LogP contribution in [0.1, 0.15) is 25.3 Å². The van der Waals surface area contributed by atoms with E-state index in [0.717, 1.165) is 25.0 Å². The Morgan fingerprint density at radius 2 is 1.96 bits per heavy atom. The maximum Gasteiger partial charge on any atom is 0.416 e. The summed E-state index contributed by atoms with van der Waals surface area (Å²) in [4.78, 5) is 14.0. The number of nitrogens with two attached hydrogens (primary N) is 1. The normalized spacial score (nSPS) is 21.1. The van der Waals surface area contributed by atoms with Crippen LogP contribution >= 0.6 is 12.4 Å². The standard InChI is InChI=1S/C16H21F3N2O2.ClH/c1-11-6-7-21(13(8-11)9-20)15(22)10-23-14-4-2-12(3-5-14)16(17,18)19;/h2-5,11,13H,6-10,20H2,1H3;1H. The van der Waals surface area contributed by atoms with E-state index in [2.05, 4.69) is 6.92 Å². The number of carbonyl (C=O) groups excluding carboxylic acids is 1. The molecular weight excluding hydrogens is 345 g/mol. The first-order valence-corrected chi connectivity index (χ1v) is 7.61. The van der Waals surface area contributed by atoms with Crippen LogP contribution in [0.4, 0.5) is 13.2 Å². The monoisotopic (exact) mass is 366 g/mol. The number of hydrogen-bond donors (Lipinski definition) is 1. The quantitative estimate of drug-likeness (QED) is 0.890. The number of hydrogen-bond acceptors (Lipinski definition) is 3. The van der Waals surface area contributed by atoms with Crippen molar-refractivity contribution in [2.75, 3.05) is 19.7 Å². The van der Waals surface area contributed by atoms with E-state index in [1.54, 1.807) is 4.90 Å². The molecule has 1 aromatic rings. The van der Waals surface area contributed by atoms with Crippen molar-refractivity contribution in [1.82, 2.24) is 4.90 Å². The summed E-state index contributed by atoms with van der Waals surface area (Å²) in [6.45, 7) is 2.97. The predicted molar refractivity (Wildman–Crippen MR) is 87.1 cm³/mol. The van der Waals surface area contributed by atoms with Gasteiger partial charge >= 0.3 is 6.18 Å². The second-order valence-corrected chi connectivity index (χ2v) is 5.92. The van der Waals surface area contributed by atoms with E-state index in [1.165, 1.54) is 12.1 Å². The number of nitrogens with zero attached hydrogens (tertiary/aromatic N) is 1. The molecular formula is C16H22ClF3N2O2. The molecule has 1 amide bonds. The Bertz CT molecular complexity index is 537. The van der Waals surface area contributed by atoms with Gasteiger partial charge in [-0.1, -0.05) is 6.92 Å². The summed E-state index contributed by atoms with van der Waals surface area (Å²) in [6, 6.07) is 4.31. The molecule has 1 aromatic carbocycles. The minimum Gasteiger partial charge on any atom is -0.484 e. The van der Waals surface area contributed by atoms with Gasteiger partial charge in [-0.15, -0.1) is 12.4 Å². The van der Waals surface area contributed by atoms with E-state index < -0.39 is 11.7 Å². The fourth-order valence-corrected chi connectivity index (χ4v) is 2.77. The van der Waals surface area contributed by atoms with Crippen LogP contribution in [0.2, 0.25) is 0 Å². The van der Waals surface area contributed by atoms with Gasteiger partial charge in [0.05, 0.1) is 5.56 Å². The molecule has 2 rings (SSSR count). The third-order valence-electron chi connectivity index (χ3n) is 4.11. The number of rotatable bonds is 4. The van der Waals surface area contributed by atoms with Gasteiger partial charge in [-0.05, 0) is 43.0 Å². The molecule has 0 bridgehead atoms. The molecule has 0 aliphatic carbocycles. The molecule has 1 heterocycles. The number of benzene rings is 1. The summed E-state index contributed by atoms with van der Waals surface area (Å²) < 4.78 is 42.7. The van der Waals surface area contributed by atoms with Gasteiger partial charge in [0.1, 0.15) is 5.75 Å². The Kier molecular flexibility index (Phi) is 7.35. The lowest BCUT2D eigenvalue weighted by atomic mass is 9.92. The SMILES string of the molecule is CC1CCN(C(=O)COc2ccc(C(F)(F)F)cc2)C(CN)C1.Cl. The maximum atomic E-state index is 12.5. The highest BCUT2D eigenvalue weighted by atomic mass is 35.5. The van der Waals surface area contributed by atoms with Gasteiger partial charge in [-0.2, -0.15) is 13.2 Å². The summed E-state index contributed by atoms with van der Waals surface area (Å²) in [5, 5.41) is 0. The van der Waals surface area contributed by atoms with Crippen LogP contribution in [0, 0.1) is 5.92 Å². The Morgan fingerprint density at radius 1 is 1.33 bits per heavy atom. The summed E-state index contributed by atoms with van der Waals surface area (Å²) in [5.41, 5.74) is 4.97. The zero-order chi connectivity index (χ0) is 17.0. The van der Waals surface area contributed by atoms with Crippen molar-refractivity contribution in [1.29, 1.82) is 0 Å². The highest BCUT2D eigenvalue weighted by molar-refractivity contribution is 5.85. The molecule has 0 spiro atoms. The number of piperidine rings is 1. The highest BCUT2D eigenvalue weighted by Gasteiger charge is 2.31. The van der Waals surface area contributed by atoms with Crippen molar-refractivity contribution in [3.63, 3.8) is 0 Å². The molecule has 1 aliphatic rings. The maximum absolute atomic E-state index is 12.5. The third kappa shape index (κ3) is 5.27. The zero-order valence-corrected chi connectivity index (χ0v) is 14.2. The molecule has 24 heavy (non-hydrogen) atoms. The van der Waals surface area contributed by atoms with Crippen LogP contribution in [0.25, 0.3) is 0 Å². The van der Waals surface area contributed by atoms with Crippen LogP contribution < -0.4 is 10.5 Å². The van der Waals surface area contributed by atoms with Crippen LogP contribution in [0.15, 0.2) is 24.3 Å². The van der Waals surface area contributed by atoms with Gasteiger partial charge in [0.25, 0.3) is 5.91 Å². The number of ether oxygens (including phenoxy) is 1. The fourth-order valence-electron chi connectivity index (χ4n) is 2.77. The van der Waals surface area contributed by atoms with Gasteiger partial charge in [0.15, 0.2) is 6.61 Å². The number of amides is 1. The summed E-state index contributed by atoms with van der Waals surface area (Å²) in [6.07, 6.45) is -2.60. The minimum atomic E-state index is -4.38. The van der Waals surface area contributed by atoms with Crippen LogP contribution in [-0.4, -0.2) is 36.5 Å². The van der Waals surface area contributed by atoms with Crippen molar-refractivity contribution in [2.24, 2.45) is 11.7 Å². The molecule has 136 valence electrons. The van der Waals surface area contributed by atoms with Crippen molar-refractivity contribution in [3.05, 3.63) is 29.8 Å². The van der Waals surface area contributed by atoms with E-state index in [4.69, 9.17) is 10.5 Å². The average Bonchev–Trinajstić information content (AvgIpc) is 2.52. The lowest BCUT2D eigenvalue weighted by molar-refractivity contribution is -0.138. The van der Waals surface area contributed by atoms with Crippen LogP contribution in [0.3, 0.4) is 0 Å². The van der Waals surface area contributed by atoms with Crippen molar-refractivity contribution in [3.8, 4) is 5.75 Å². The average molecular weight is 367 g/mol. The van der Waals surface area contributed by atoms with Crippen molar-refractivity contribution < 1.29 is 22.7 Å². The van der Waals surface area contributed by atoms with Crippen molar-refractivity contribution in [2.45, 2.75) is 32.0 Å². The summed E-state index contributed by atoms with van der Waals surface area (Å²) in [7, 11) is 0. The molecule has 2 atom stereocenters. The number of likely N-dealkylation sites (tertiary alicyclic amines) is 1. The Morgan fingerprint density at radius 3 is 2.50 bits per heavy atom. The Balaban J connectivity index is 0.00000288. The molecule has 0 radical (unpaired) electrons. The Hall–Kier alpha value is -1.47. The molecule has 1 fully saturated rings. The second-order valence-electron chi connectivity index (χ2n) is 5.92. The van der Waals surface area contributed by atoms with Crippen LogP contribution in [0.5, 0.6) is 5.75 Å². The largest absolute Gasteiger partial charge is 0.484 e. The van der Waals surface area contributed by atoms with Gasteiger partial charge in [0, 0.05) is 19.1 Å². The lowest BCUT2D eigenvalue weighted by Crippen LogP contribution is -2.50. The zero-order valence-electron chi connectivity index (χ0n) is 13.4. The Labute approximate surface area is 145 Å². The number of carbonyl (C=O) groups is 1. The smallest absolute Gasteiger partial charge is 0.416 e. The van der Waals surface area contributed by atoms with E-state index in [-0.39, 0.29) is 36.7 Å². The number of alkyl halides is 3. The molecule has 2 unspecified atom stereocenters. The van der Waals surface area contributed by atoms with Gasteiger partial charge in [-0.25, -0.2) is 0 Å². The molecule has 1 aliphatic heterocycles. The van der Waals surface area contributed by atoms with Gasteiger partial charge in [0.2, 0.25) is 0 Å². The minimum absolute atomic E-state index is 0. The van der Waals surface area contributed by atoms with Crippen molar-refractivity contribution >= 4 is 18.3 Å². The molecule has 8 heteroatoms. The first-order chi connectivity index (χ1) is 10.8. The lowest BCUT2D eigenvalue weighted by Gasteiger charge is -2.37. The van der Waals surface area contributed by atoms with E-state index in [1.807, 2.05) is 0 Å². The molecule has 0 aromatic heterocycles. The first kappa shape index (κ1) is 20.6. The third-order valence-corrected chi connectivity index (χ3v) is 4.11. The summed E-state index contributed by atoms with van der Waals surface area (Å²) >= 11 is 0. The van der Waals surface area contributed by atoms with E-state index in [9.17, 15) is 18.0 Å². The fraction of sp³-hybridized carbons (Fsp3) is 0.562. The molecule has 4 nitrogen and oxygen atoms in total. The van der Waals surface area contributed by atoms with Crippen LogP contribution in [-0.2, 0) is 11.0 Å². The van der Waals surface area contributed by atoms with E-state index in [0.29, 0.717) is 19.0 Å². The highest BCUT2D eigenvalue weighted by Crippen LogP contribution is 2.30. The predicted octanol–water partition coefficient (Wildman–Crippen LogP) is 3.09. The van der Waals surface area contributed by atoms with E-state index >= 15 is 0 Å². The molecule has 1 saturated heterocycles. The van der Waals surface area contributed by atoms with Gasteiger partial charge in [-0.3, -0.25) is 4.79 Å². The molecule has 2 N–H and O–H groups in total. The topological polar surface area (TPSA) is 55.6 Å². The van der Waals surface area contributed by atoms with Gasteiger partial charge < -0.3 is 15.4 Å². The molecule has 0 saturated carbocycles. The second kappa shape index (κ2) is 8.58. The number of halogens is 4. The summed E-state index contributed by atoms with van der Waals surface area (Å²) in [5.74, 6) is 0.580. The first-order valence-electron chi connectivity index (χ1n) is 7.61.